The molecule has 0 spiro atoms. The predicted molar refractivity (Wildman–Crippen MR) is 91.7 cm³/mol. The van der Waals surface area contributed by atoms with Crippen LogP contribution in [-0.4, -0.2) is 37.2 Å². The van der Waals surface area contributed by atoms with Gasteiger partial charge in [0.05, 0.1) is 11.6 Å². The summed E-state index contributed by atoms with van der Waals surface area (Å²) in [5.41, 5.74) is 1.07. The zero-order chi connectivity index (χ0) is 14.7. The lowest BCUT2D eigenvalue weighted by Gasteiger charge is -2.29. The Hall–Kier alpha value is -1.46. The highest BCUT2D eigenvalue weighted by molar-refractivity contribution is 9.10. The fraction of sp³-hybridized carbons (Fsp3) is 0.412. The van der Waals surface area contributed by atoms with Crippen LogP contribution < -0.4 is 20.8 Å². The monoisotopic (exact) mass is 356 g/mol. The minimum atomic E-state index is 0.501. The Kier molecular flexibility index (Phi) is 2.82. The first-order valence-electron chi connectivity index (χ1n) is 7.94. The van der Waals surface area contributed by atoms with E-state index in [2.05, 4.69) is 50.4 Å². The zero-order valence-corrected chi connectivity index (χ0v) is 13.8. The summed E-state index contributed by atoms with van der Waals surface area (Å²) >= 11 is 3.59. The van der Waals surface area contributed by atoms with Crippen molar-refractivity contribution in [3.63, 3.8) is 0 Å². The second-order valence-electron chi connectivity index (χ2n) is 6.36. The zero-order valence-electron chi connectivity index (χ0n) is 12.2. The van der Waals surface area contributed by atoms with Crippen molar-refractivity contribution in [1.29, 1.82) is 0 Å². The smallest absolute Gasteiger partial charge is 0.155 e. The van der Waals surface area contributed by atoms with E-state index >= 15 is 0 Å². The number of piperazine rings is 1. The van der Waals surface area contributed by atoms with Crippen LogP contribution in [0.3, 0.4) is 0 Å². The number of pyridine rings is 1. The quantitative estimate of drug-likeness (QED) is 0.834. The molecule has 0 amide bonds. The first kappa shape index (κ1) is 13.0. The maximum atomic E-state index is 5.00. The summed E-state index contributed by atoms with van der Waals surface area (Å²) in [5, 5.41) is 7.04. The molecule has 1 saturated carbocycles. The Morgan fingerprint density at radius 3 is 2.95 bits per heavy atom. The second kappa shape index (κ2) is 4.77. The van der Waals surface area contributed by atoms with Gasteiger partial charge in [-0.3, -0.25) is 4.99 Å². The average Bonchev–Trinajstić information content (AvgIpc) is 3.31. The van der Waals surface area contributed by atoms with Gasteiger partial charge in [-0.15, -0.1) is 0 Å². The molecule has 5 rings (SSSR count). The van der Waals surface area contributed by atoms with Crippen molar-refractivity contribution in [3.8, 4) is 0 Å². The van der Waals surface area contributed by atoms with Gasteiger partial charge in [0, 0.05) is 47.2 Å². The Bertz CT molecular complexity index is 886. The summed E-state index contributed by atoms with van der Waals surface area (Å²) in [6, 6.07) is 6.86. The molecule has 2 aliphatic heterocycles. The number of rotatable bonds is 1. The number of anilines is 1. The molecule has 2 atom stereocenters. The third-order valence-corrected chi connectivity index (χ3v) is 5.33. The Balaban J connectivity index is 1.83. The third kappa shape index (κ3) is 1.99. The van der Waals surface area contributed by atoms with E-state index in [0.717, 1.165) is 47.3 Å². The predicted octanol–water partition coefficient (Wildman–Crippen LogP) is 1.21. The van der Waals surface area contributed by atoms with Gasteiger partial charge in [-0.1, -0.05) is 22.0 Å². The number of aromatic nitrogens is 1. The molecule has 2 aromatic rings. The number of halogens is 1. The number of hydrogen-bond acceptors (Lipinski definition) is 4. The molecule has 4 nitrogen and oxygen atoms in total. The van der Waals surface area contributed by atoms with Gasteiger partial charge < -0.3 is 10.2 Å². The fourth-order valence-corrected chi connectivity index (χ4v) is 3.90. The maximum absolute atomic E-state index is 5.00. The van der Waals surface area contributed by atoms with Crippen LogP contribution in [0.2, 0.25) is 0 Å². The van der Waals surface area contributed by atoms with E-state index in [0.29, 0.717) is 12.0 Å². The molecule has 22 heavy (non-hydrogen) atoms. The first-order chi connectivity index (χ1) is 10.8. The van der Waals surface area contributed by atoms with Crippen molar-refractivity contribution in [2.45, 2.75) is 12.5 Å². The van der Waals surface area contributed by atoms with Gasteiger partial charge in [0.2, 0.25) is 0 Å². The largest absolute Gasteiger partial charge is 0.352 e. The van der Waals surface area contributed by atoms with Crippen molar-refractivity contribution >= 4 is 38.7 Å². The van der Waals surface area contributed by atoms with Gasteiger partial charge in [0.15, 0.2) is 5.82 Å². The van der Waals surface area contributed by atoms with Crippen molar-refractivity contribution in [1.82, 2.24) is 10.3 Å². The van der Waals surface area contributed by atoms with Crippen LogP contribution in [0.15, 0.2) is 27.7 Å². The van der Waals surface area contributed by atoms with Crippen LogP contribution >= 0.6 is 15.9 Å². The fourth-order valence-electron chi connectivity index (χ4n) is 3.54. The molecule has 1 N–H and O–H groups in total. The number of nitrogens with zero attached hydrogens (tertiary/aromatic N) is 3. The standard InChI is InChI=1S/C17H17BrN4/c18-11-1-2-14-12(9-11)13-7-10-8-15(10)20-16(13)17(21-14)22-5-3-19-4-6-22/h1-2,7,9-10,15,19H,3-6,8H2/t10?,15-/m0/s1. The van der Waals surface area contributed by atoms with Crippen LogP contribution in [0.5, 0.6) is 0 Å². The van der Waals surface area contributed by atoms with E-state index in [1.54, 1.807) is 0 Å². The molecular formula is C17H17BrN4. The highest BCUT2D eigenvalue weighted by Gasteiger charge is 2.37. The van der Waals surface area contributed by atoms with Gasteiger partial charge >= 0.3 is 0 Å². The number of fused-ring (bicyclic) bond motifs is 4. The van der Waals surface area contributed by atoms with Gasteiger partial charge in [0.25, 0.3) is 0 Å². The Morgan fingerprint density at radius 2 is 2.09 bits per heavy atom. The Labute approximate surface area is 137 Å². The normalized spacial score (nSPS) is 26.0. The number of benzene rings is 1. The van der Waals surface area contributed by atoms with E-state index in [-0.39, 0.29) is 0 Å². The van der Waals surface area contributed by atoms with Crippen LogP contribution in [-0.2, 0) is 0 Å². The Morgan fingerprint density at radius 1 is 1.23 bits per heavy atom. The van der Waals surface area contributed by atoms with Crippen molar-refractivity contribution < 1.29 is 0 Å². The second-order valence-corrected chi connectivity index (χ2v) is 7.27. The first-order valence-corrected chi connectivity index (χ1v) is 8.73. The van der Waals surface area contributed by atoms with Gasteiger partial charge in [-0.05, 0) is 24.6 Å². The summed E-state index contributed by atoms with van der Waals surface area (Å²) in [7, 11) is 0. The molecule has 112 valence electrons. The lowest BCUT2D eigenvalue weighted by molar-refractivity contribution is 0.583. The highest BCUT2D eigenvalue weighted by atomic mass is 79.9. The molecule has 5 heteroatoms. The minimum absolute atomic E-state index is 0.501. The summed E-state index contributed by atoms with van der Waals surface area (Å²) in [4.78, 5) is 12.4. The highest BCUT2D eigenvalue weighted by Crippen LogP contribution is 2.36. The number of hydrogen-bond donors (Lipinski definition) is 1. The molecular weight excluding hydrogens is 340 g/mol. The summed E-state index contributed by atoms with van der Waals surface area (Å²) in [6.45, 7) is 4.05. The lowest BCUT2D eigenvalue weighted by Crippen LogP contribution is -2.48. The molecule has 0 bridgehead atoms. The molecule has 1 unspecified atom stereocenters. The van der Waals surface area contributed by atoms with Crippen LogP contribution in [0.25, 0.3) is 17.0 Å². The molecule has 0 radical (unpaired) electrons. The molecule has 2 fully saturated rings. The summed E-state index contributed by atoms with van der Waals surface area (Å²) in [5.74, 6) is 1.72. The molecule has 3 heterocycles. The van der Waals surface area contributed by atoms with E-state index in [4.69, 9.17) is 9.98 Å². The van der Waals surface area contributed by atoms with Gasteiger partial charge in [-0.2, -0.15) is 0 Å². The van der Waals surface area contributed by atoms with E-state index in [9.17, 15) is 0 Å². The minimum Gasteiger partial charge on any atom is -0.352 e. The topological polar surface area (TPSA) is 40.5 Å². The van der Waals surface area contributed by atoms with Gasteiger partial charge in [0.1, 0.15) is 5.36 Å². The lowest BCUT2D eigenvalue weighted by atomic mass is 10.1. The maximum Gasteiger partial charge on any atom is 0.155 e. The van der Waals surface area contributed by atoms with Crippen LogP contribution in [0.1, 0.15) is 6.42 Å². The SMILES string of the molecule is Brc1ccc2nc(N3CCNCC3)c3c(c2c1)=CC1C[C@@H]1N=3. The van der Waals surface area contributed by atoms with Crippen molar-refractivity contribution in [2.75, 3.05) is 31.1 Å². The number of nitrogens with one attached hydrogen (secondary N) is 1. The van der Waals surface area contributed by atoms with Crippen molar-refractivity contribution in [2.24, 2.45) is 10.9 Å². The average molecular weight is 357 g/mol. The van der Waals surface area contributed by atoms with Gasteiger partial charge in [-0.25, -0.2) is 4.98 Å². The molecule has 1 saturated heterocycles. The van der Waals surface area contributed by atoms with Crippen LogP contribution in [0.4, 0.5) is 5.82 Å². The molecule has 3 aliphatic rings. The molecule has 1 aromatic heterocycles. The van der Waals surface area contributed by atoms with E-state index in [1.807, 2.05) is 0 Å². The van der Waals surface area contributed by atoms with Crippen LogP contribution in [0, 0.1) is 5.92 Å². The van der Waals surface area contributed by atoms with E-state index < -0.39 is 0 Å². The summed E-state index contributed by atoms with van der Waals surface area (Å²) < 4.78 is 1.10. The molecule has 1 aromatic carbocycles. The third-order valence-electron chi connectivity index (χ3n) is 4.84. The van der Waals surface area contributed by atoms with Crippen molar-refractivity contribution in [3.05, 3.63) is 33.2 Å². The summed E-state index contributed by atoms with van der Waals surface area (Å²) in [6.07, 6.45) is 3.63. The van der Waals surface area contributed by atoms with E-state index in [1.165, 1.54) is 17.0 Å². The molecule has 1 aliphatic carbocycles.